The van der Waals surface area contributed by atoms with Gasteiger partial charge in [-0.25, -0.2) is 0 Å². The Morgan fingerprint density at radius 1 is 1.15 bits per heavy atom. The topological polar surface area (TPSA) is 47.1 Å². The van der Waals surface area contributed by atoms with Gasteiger partial charge in [0.05, 0.1) is 5.69 Å². The van der Waals surface area contributed by atoms with Crippen molar-refractivity contribution >= 4 is 5.82 Å². The van der Waals surface area contributed by atoms with E-state index in [1.807, 2.05) is 18.7 Å². The summed E-state index contributed by atoms with van der Waals surface area (Å²) in [5.41, 5.74) is 11.1. The van der Waals surface area contributed by atoms with Crippen LogP contribution in [0.1, 0.15) is 22.4 Å². The highest BCUT2D eigenvalue weighted by Crippen LogP contribution is 2.25. The monoisotopic (exact) mass is 270 g/mol. The highest BCUT2D eigenvalue weighted by Gasteiger charge is 2.20. The number of fused-ring (bicyclic) bond motifs is 1. The van der Waals surface area contributed by atoms with E-state index in [2.05, 4.69) is 34.3 Å². The van der Waals surface area contributed by atoms with E-state index < -0.39 is 0 Å². The largest absolute Gasteiger partial charge is 0.356 e. The zero-order valence-electron chi connectivity index (χ0n) is 12.3. The van der Waals surface area contributed by atoms with Crippen LogP contribution in [0.4, 0.5) is 5.82 Å². The van der Waals surface area contributed by atoms with Crippen LogP contribution in [-0.4, -0.2) is 22.9 Å². The number of nitrogens with two attached hydrogens (primary N) is 1. The summed E-state index contributed by atoms with van der Waals surface area (Å²) in [6, 6.07) is 8.76. The van der Waals surface area contributed by atoms with Crippen molar-refractivity contribution in [3.8, 4) is 0 Å². The van der Waals surface area contributed by atoms with Crippen molar-refractivity contribution in [3.05, 3.63) is 46.6 Å². The highest BCUT2D eigenvalue weighted by molar-refractivity contribution is 5.51. The molecule has 2 N–H and O–H groups in total. The van der Waals surface area contributed by atoms with Gasteiger partial charge in [-0.15, -0.1) is 0 Å². The Morgan fingerprint density at radius 3 is 2.30 bits per heavy atom. The normalized spacial score (nSPS) is 15.1. The van der Waals surface area contributed by atoms with Crippen molar-refractivity contribution in [1.29, 1.82) is 0 Å². The standard InChI is InChI=1S/C16H22N4/c1-12-15(11-17)16(19(2)18-12)20-9-7-13-5-3-4-6-14(13)8-10-20/h3-6H,7-11,17H2,1-2H3. The average Bonchev–Trinajstić information content (AvgIpc) is 2.63. The molecule has 0 saturated heterocycles. The first-order valence-corrected chi connectivity index (χ1v) is 7.25. The van der Waals surface area contributed by atoms with Crippen LogP contribution in [0, 0.1) is 6.92 Å². The van der Waals surface area contributed by atoms with Crippen LogP contribution in [0.15, 0.2) is 24.3 Å². The van der Waals surface area contributed by atoms with Crippen molar-refractivity contribution in [2.75, 3.05) is 18.0 Å². The van der Waals surface area contributed by atoms with E-state index in [9.17, 15) is 0 Å². The second-order valence-corrected chi connectivity index (χ2v) is 5.47. The van der Waals surface area contributed by atoms with Crippen LogP contribution in [-0.2, 0) is 26.4 Å². The summed E-state index contributed by atoms with van der Waals surface area (Å²) >= 11 is 0. The predicted molar refractivity (Wildman–Crippen MR) is 81.9 cm³/mol. The Hall–Kier alpha value is -1.81. The van der Waals surface area contributed by atoms with E-state index in [-0.39, 0.29) is 0 Å². The van der Waals surface area contributed by atoms with E-state index in [0.29, 0.717) is 6.54 Å². The fraction of sp³-hybridized carbons (Fsp3) is 0.438. The van der Waals surface area contributed by atoms with Crippen LogP contribution in [0.2, 0.25) is 0 Å². The molecule has 0 aliphatic carbocycles. The molecule has 4 heteroatoms. The fourth-order valence-corrected chi connectivity index (χ4v) is 3.20. The third-order valence-electron chi connectivity index (χ3n) is 4.24. The summed E-state index contributed by atoms with van der Waals surface area (Å²) in [6.07, 6.45) is 2.18. The van der Waals surface area contributed by atoms with E-state index in [4.69, 9.17) is 5.73 Å². The van der Waals surface area contributed by atoms with Crippen LogP contribution in [0.25, 0.3) is 0 Å². The van der Waals surface area contributed by atoms with Gasteiger partial charge in [-0.2, -0.15) is 5.10 Å². The first kappa shape index (κ1) is 13.2. The Bertz CT molecular complexity index is 588. The zero-order chi connectivity index (χ0) is 14.1. The smallest absolute Gasteiger partial charge is 0.131 e. The minimum atomic E-state index is 0.554. The quantitative estimate of drug-likeness (QED) is 0.905. The maximum Gasteiger partial charge on any atom is 0.131 e. The number of nitrogens with zero attached hydrogens (tertiary/aromatic N) is 3. The lowest BCUT2D eigenvalue weighted by Crippen LogP contribution is -2.29. The molecule has 106 valence electrons. The zero-order valence-corrected chi connectivity index (χ0v) is 12.3. The summed E-state index contributed by atoms with van der Waals surface area (Å²) < 4.78 is 1.98. The van der Waals surface area contributed by atoms with Gasteiger partial charge in [-0.1, -0.05) is 24.3 Å². The van der Waals surface area contributed by atoms with Gasteiger partial charge in [0.2, 0.25) is 0 Å². The summed E-state index contributed by atoms with van der Waals surface area (Å²) in [5.74, 6) is 1.19. The number of benzene rings is 1. The van der Waals surface area contributed by atoms with Gasteiger partial charge < -0.3 is 10.6 Å². The molecule has 0 fully saturated rings. The molecule has 0 saturated carbocycles. The van der Waals surface area contributed by atoms with Gasteiger partial charge in [0.15, 0.2) is 0 Å². The molecule has 1 aromatic heterocycles. The summed E-state index contributed by atoms with van der Waals surface area (Å²) in [5, 5.41) is 4.53. The lowest BCUT2D eigenvalue weighted by atomic mass is 10.0. The second kappa shape index (κ2) is 5.29. The van der Waals surface area contributed by atoms with Crippen LogP contribution in [0.5, 0.6) is 0 Å². The van der Waals surface area contributed by atoms with Gasteiger partial charge in [0.1, 0.15) is 5.82 Å². The van der Waals surface area contributed by atoms with Crippen molar-refractivity contribution in [2.24, 2.45) is 12.8 Å². The molecule has 1 aromatic carbocycles. The fourth-order valence-electron chi connectivity index (χ4n) is 3.20. The lowest BCUT2D eigenvalue weighted by molar-refractivity contribution is 0.698. The van der Waals surface area contributed by atoms with E-state index in [0.717, 1.165) is 31.6 Å². The minimum absolute atomic E-state index is 0.554. The summed E-state index contributed by atoms with van der Waals surface area (Å²) in [4.78, 5) is 2.43. The summed E-state index contributed by atoms with van der Waals surface area (Å²) in [7, 11) is 2.01. The van der Waals surface area contributed by atoms with Gasteiger partial charge in [-0.3, -0.25) is 4.68 Å². The number of aryl methyl sites for hydroxylation is 2. The number of hydrogen-bond acceptors (Lipinski definition) is 3. The molecule has 1 aliphatic rings. The van der Waals surface area contributed by atoms with Gasteiger partial charge in [-0.05, 0) is 30.9 Å². The maximum atomic E-state index is 5.91. The Morgan fingerprint density at radius 2 is 1.75 bits per heavy atom. The number of rotatable bonds is 2. The van der Waals surface area contributed by atoms with Gasteiger partial charge in [0.25, 0.3) is 0 Å². The first-order chi connectivity index (χ1) is 9.70. The second-order valence-electron chi connectivity index (χ2n) is 5.47. The minimum Gasteiger partial charge on any atom is -0.356 e. The van der Waals surface area contributed by atoms with Crippen molar-refractivity contribution in [3.63, 3.8) is 0 Å². The third kappa shape index (κ3) is 2.20. The van der Waals surface area contributed by atoms with Crippen LogP contribution in [0.3, 0.4) is 0 Å². The number of anilines is 1. The SMILES string of the molecule is Cc1nn(C)c(N2CCc3ccccc3CC2)c1CN. The van der Waals surface area contributed by atoms with Crippen LogP contribution < -0.4 is 10.6 Å². The molecule has 1 aliphatic heterocycles. The molecule has 0 unspecified atom stereocenters. The molecule has 0 amide bonds. The molecule has 0 bridgehead atoms. The summed E-state index contributed by atoms with van der Waals surface area (Å²) in [6.45, 7) is 4.66. The predicted octanol–water partition coefficient (Wildman–Crippen LogP) is 1.79. The maximum absolute atomic E-state index is 5.91. The molecular formula is C16H22N4. The van der Waals surface area contributed by atoms with Crippen molar-refractivity contribution in [1.82, 2.24) is 9.78 Å². The molecule has 0 atom stereocenters. The Kier molecular flexibility index (Phi) is 3.49. The third-order valence-corrected chi connectivity index (χ3v) is 4.24. The highest BCUT2D eigenvalue weighted by atomic mass is 15.4. The Balaban J connectivity index is 1.91. The van der Waals surface area contributed by atoms with E-state index in [1.165, 1.54) is 22.5 Å². The molecule has 20 heavy (non-hydrogen) atoms. The van der Waals surface area contributed by atoms with Crippen LogP contribution >= 0.6 is 0 Å². The number of hydrogen-bond donors (Lipinski definition) is 1. The molecule has 0 spiro atoms. The van der Waals surface area contributed by atoms with Gasteiger partial charge >= 0.3 is 0 Å². The molecule has 4 nitrogen and oxygen atoms in total. The van der Waals surface area contributed by atoms with Crippen molar-refractivity contribution in [2.45, 2.75) is 26.3 Å². The number of aromatic nitrogens is 2. The lowest BCUT2D eigenvalue weighted by Gasteiger charge is -2.23. The van der Waals surface area contributed by atoms with E-state index in [1.54, 1.807) is 0 Å². The Labute approximate surface area is 120 Å². The molecule has 2 heterocycles. The van der Waals surface area contributed by atoms with E-state index >= 15 is 0 Å². The van der Waals surface area contributed by atoms with Gasteiger partial charge in [0, 0.05) is 32.2 Å². The molecule has 0 radical (unpaired) electrons. The average molecular weight is 270 g/mol. The van der Waals surface area contributed by atoms with Crippen molar-refractivity contribution < 1.29 is 0 Å². The molecule has 3 rings (SSSR count). The molecule has 2 aromatic rings. The molecular weight excluding hydrogens is 248 g/mol. The first-order valence-electron chi connectivity index (χ1n) is 7.25.